The van der Waals surface area contributed by atoms with Gasteiger partial charge in [0, 0.05) is 19.3 Å². The number of carbonyl (C=O) groups excluding carboxylic acids is 3. The van der Waals surface area contributed by atoms with Gasteiger partial charge in [0.15, 0.2) is 6.10 Å². The Morgan fingerprint density at radius 1 is 0.288 bits per heavy atom. The highest BCUT2D eigenvalue weighted by molar-refractivity contribution is 5.71. The minimum absolute atomic E-state index is 0.118. The molecule has 0 heterocycles. The summed E-state index contributed by atoms with van der Waals surface area (Å²) < 4.78 is 16.8. The van der Waals surface area contributed by atoms with Crippen molar-refractivity contribution in [2.45, 2.75) is 271 Å². The molecule has 0 saturated carbocycles. The van der Waals surface area contributed by atoms with E-state index in [0.717, 1.165) is 109 Å². The Balaban J connectivity index is 4.51. The highest BCUT2D eigenvalue weighted by Crippen LogP contribution is 2.14. The standard InChI is InChI=1S/C67H110O6/c1-4-7-10-13-16-19-22-25-28-30-32-33-35-36-39-42-45-48-51-54-57-60-66(69)72-63-64(62-71-65(68)59-56-53-50-47-44-41-38-27-24-21-18-15-12-9-6-3)73-67(70)61-58-55-52-49-46-43-40-37-34-31-29-26-23-20-17-14-11-8-5-2/h8,11,17-18,20-22,25-27,29-30,32,34,37-38,43,46,52,55,64H,4-7,9-10,12-16,19,23-24,28,31,33,35-36,39-42,44-45,47-51,53-54,56-63H2,1-3H3/b11-8-,20-17-,21-18-,25-22-,29-26-,32-30-,37-34-,38-27-,46-43-,55-52-. The molecule has 0 aromatic heterocycles. The summed E-state index contributed by atoms with van der Waals surface area (Å²) in [5, 5.41) is 0. The molecule has 0 aliphatic carbocycles. The van der Waals surface area contributed by atoms with Crippen molar-refractivity contribution in [2.24, 2.45) is 0 Å². The van der Waals surface area contributed by atoms with Crippen molar-refractivity contribution in [2.75, 3.05) is 13.2 Å². The van der Waals surface area contributed by atoms with E-state index in [4.69, 9.17) is 14.2 Å². The number of rotatable bonds is 53. The van der Waals surface area contributed by atoms with Crippen LogP contribution in [0.15, 0.2) is 122 Å². The maximum Gasteiger partial charge on any atom is 0.306 e. The fourth-order valence-corrected chi connectivity index (χ4v) is 7.94. The Bertz CT molecular complexity index is 1540. The van der Waals surface area contributed by atoms with Crippen LogP contribution in [0.4, 0.5) is 0 Å². The molecular formula is C67H110O6. The molecule has 0 bridgehead atoms. The van der Waals surface area contributed by atoms with Crippen LogP contribution in [-0.2, 0) is 28.6 Å². The molecule has 1 unspecified atom stereocenters. The van der Waals surface area contributed by atoms with Gasteiger partial charge in [0.05, 0.1) is 0 Å². The predicted molar refractivity (Wildman–Crippen MR) is 316 cm³/mol. The van der Waals surface area contributed by atoms with Gasteiger partial charge in [-0.3, -0.25) is 14.4 Å². The number of ether oxygens (including phenoxy) is 3. The first kappa shape index (κ1) is 68.8. The molecule has 73 heavy (non-hydrogen) atoms. The molecule has 6 nitrogen and oxygen atoms in total. The summed E-state index contributed by atoms with van der Waals surface area (Å²) in [4.78, 5) is 38.2. The number of carbonyl (C=O) groups is 3. The van der Waals surface area contributed by atoms with Crippen molar-refractivity contribution >= 4 is 17.9 Å². The van der Waals surface area contributed by atoms with Crippen LogP contribution in [-0.4, -0.2) is 37.2 Å². The van der Waals surface area contributed by atoms with E-state index in [1.807, 2.05) is 12.2 Å². The van der Waals surface area contributed by atoms with Gasteiger partial charge in [-0.2, -0.15) is 0 Å². The molecule has 0 amide bonds. The molecule has 1 atom stereocenters. The van der Waals surface area contributed by atoms with E-state index in [1.54, 1.807) is 0 Å². The third-order valence-corrected chi connectivity index (χ3v) is 12.4. The van der Waals surface area contributed by atoms with Crippen LogP contribution < -0.4 is 0 Å². The second-order valence-electron chi connectivity index (χ2n) is 19.5. The zero-order valence-corrected chi connectivity index (χ0v) is 47.4. The predicted octanol–water partition coefficient (Wildman–Crippen LogP) is 20.4. The highest BCUT2D eigenvalue weighted by atomic mass is 16.6. The summed E-state index contributed by atoms with van der Waals surface area (Å²) in [5.74, 6) is -1.02. The molecule has 414 valence electrons. The van der Waals surface area contributed by atoms with E-state index in [1.165, 1.54) is 109 Å². The Labute approximate surface area is 450 Å². The van der Waals surface area contributed by atoms with Gasteiger partial charge in [-0.15, -0.1) is 0 Å². The lowest BCUT2D eigenvalue weighted by atomic mass is 10.1. The number of hydrogen-bond acceptors (Lipinski definition) is 6. The van der Waals surface area contributed by atoms with Crippen LogP contribution in [0, 0.1) is 0 Å². The van der Waals surface area contributed by atoms with Crippen LogP contribution in [0.2, 0.25) is 0 Å². The third kappa shape index (κ3) is 58.6. The van der Waals surface area contributed by atoms with Crippen molar-refractivity contribution in [3.63, 3.8) is 0 Å². The van der Waals surface area contributed by atoms with E-state index in [2.05, 4.69) is 130 Å². The summed E-state index contributed by atoms with van der Waals surface area (Å²) in [6, 6.07) is 0. The van der Waals surface area contributed by atoms with Crippen molar-refractivity contribution in [3.8, 4) is 0 Å². The average molecular weight is 1010 g/mol. The largest absolute Gasteiger partial charge is 0.462 e. The molecule has 0 rings (SSSR count). The van der Waals surface area contributed by atoms with Crippen LogP contribution in [0.25, 0.3) is 0 Å². The molecular weight excluding hydrogens is 901 g/mol. The van der Waals surface area contributed by atoms with Crippen LogP contribution in [0.1, 0.15) is 265 Å². The second kappa shape index (κ2) is 60.4. The van der Waals surface area contributed by atoms with Crippen LogP contribution >= 0.6 is 0 Å². The smallest absolute Gasteiger partial charge is 0.306 e. The van der Waals surface area contributed by atoms with Gasteiger partial charge in [-0.05, 0) is 122 Å². The van der Waals surface area contributed by atoms with Gasteiger partial charge in [0.1, 0.15) is 13.2 Å². The molecule has 0 fully saturated rings. The third-order valence-electron chi connectivity index (χ3n) is 12.4. The molecule has 0 N–H and O–H groups in total. The second-order valence-corrected chi connectivity index (χ2v) is 19.5. The summed E-state index contributed by atoms with van der Waals surface area (Å²) in [5.41, 5.74) is 0. The number of hydrogen-bond donors (Lipinski definition) is 0. The molecule has 0 radical (unpaired) electrons. The topological polar surface area (TPSA) is 78.9 Å². The number of allylic oxidation sites excluding steroid dienone is 20. The lowest BCUT2D eigenvalue weighted by molar-refractivity contribution is -0.166. The van der Waals surface area contributed by atoms with Crippen molar-refractivity contribution in [1.29, 1.82) is 0 Å². The summed E-state index contributed by atoms with van der Waals surface area (Å²) in [7, 11) is 0. The molecule has 0 aromatic rings. The summed E-state index contributed by atoms with van der Waals surface area (Å²) in [6.45, 7) is 6.42. The van der Waals surface area contributed by atoms with Gasteiger partial charge in [-0.1, -0.05) is 245 Å². The lowest BCUT2D eigenvalue weighted by Crippen LogP contribution is -2.30. The molecule has 6 heteroatoms. The minimum Gasteiger partial charge on any atom is -0.462 e. The van der Waals surface area contributed by atoms with Crippen molar-refractivity contribution in [1.82, 2.24) is 0 Å². The Hall–Kier alpha value is -4.19. The number of unbranched alkanes of at least 4 members (excludes halogenated alkanes) is 22. The van der Waals surface area contributed by atoms with E-state index in [9.17, 15) is 14.4 Å². The molecule has 0 aliphatic heterocycles. The Kier molecular flexibility index (Phi) is 56.9. The van der Waals surface area contributed by atoms with Crippen molar-refractivity contribution in [3.05, 3.63) is 122 Å². The molecule has 0 spiro atoms. The highest BCUT2D eigenvalue weighted by Gasteiger charge is 2.19. The molecule has 0 saturated heterocycles. The Morgan fingerprint density at radius 2 is 0.562 bits per heavy atom. The normalized spacial score (nSPS) is 13.0. The molecule has 0 aromatic carbocycles. The maximum atomic E-state index is 12.8. The van der Waals surface area contributed by atoms with E-state index >= 15 is 0 Å². The zero-order chi connectivity index (χ0) is 52.9. The first-order valence-corrected chi connectivity index (χ1v) is 30.0. The van der Waals surface area contributed by atoms with E-state index in [0.29, 0.717) is 19.3 Å². The molecule has 0 aliphatic rings. The average Bonchev–Trinajstić information content (AvgIpc) is 3.39. The summed E-state index contributed by atoms with van der Waals surface area (Å²) >= 11 is 0. The fourth-order valence-electron chi connectivity index (χ4n) is 7.94. The monoisotopic (exact) mass is 1010 g/mol. The first-order valence-electron chi connectivity index (χ1n) is 30.0. The van der Waals surface area contributed by atoms with Crippen LogP contribution in [0.3, 0.4) is 0 Å². The first-order chi connectivity index (χ1) is 36.0. The van der Waals surface area contributed by atoms with Gasteiger partial charge in [-0.25, -0.2) is 0 Å². The summed E-state index contributed by atoms with van der Waals surface area (Å²) in [6.07, 6.45) is 83.4. The van der Waals surface area contributed by atoms with Gasteiger partial charge < -0.3 is 14.2 Å². The van der Waals surface area contributed by atoms with Gasteiger partial charge >= 0.3 is 17.9 Å². The van der Waals surface area contributed by atoms with E-state index in [-0.39, 0.29) is 31.6 Å². The fraction of sp³-hybridized carbons (Fsp3) is 0.657. The lowest BCUT2D eigenvalue weighted by Gasteiger charge is -2.18. The maximum absolute atomic E-state index is 12.8. The zero-order valence-electron chi connectivity index (χ0n) is 47.4. The minimum atomic E-state index is -0.830. The van der Waals surface area contributed by atoms with Gasteiger partial charge in [0.2, 0.25) is 0 Å². The SMILES string of the molecule is CC/C=C\C/C=C\C/C=C\C/C=C\C/C=C\C/C=C\CCC(=O)OC(COC(=O)CCCCCCC/C=C\C/C=C\CCCCC)COC(=O)CCCCCCCCCCC/C=C\C/C=C\CCCCCCC. The Morgan fingerprint density at radius 3 is 0.918 bits per heavy atom. The van der Waals surface area contributed by atoms with E-state index < -0.39 is 12.1 Å². The number of esters is 3. The quantitative estimate of drug-likeness (QED) is 0.0261. The van der Waals surface area contributed by atoms with Crippen molar-refractivity contribution < 1.29 is 28.6 Å². The van der Waals surface area contributed by atoms with Gasteiger partial charge in [0.25, 0.3) is 0 Å². The van der Waals surface area contributed by atoms with Crippen LogP contribution in [0.5, 0.6) is 0 Å².